The van der Waals surface area contributed by atoms with Gasteiger partial charge in [-0.15, -0.1) is 0 Å². The van der Waals surface area contributed by atoms with Crippen LogP contribution in [0.25, 0.3) is 11.5 Å². The third-order valence-electron chi connectivity index (χ3n) is 4.30. The Morgan fingerprint density at radius 2 is 1.92 bits per heavy atom. The first kappa shape index (κ1) is 14.8. The second-order valence-corrected chi connectivity index (χ2v) is 5.97. The summed E-state index contributed by atoms with van der Waals surface area (Å²) < 4.78 is 0. The molecule has 5 nitrogen and oxygen atoms in total. The smallest absolute Gasteiger partial charge is 0.178 e. The molecule has 24 heavy (non-hydrogen) atoms. The number of hydrogen-bond acceptors (Lipinski definition) is 5. The number of phenolic OH excluding ortho intramolecular Hbond substituents is 1. The van der Waals surface area contributed by atoms with Gasteiger partial charge in [0.05, 0.1) is 5.69 Å². The first-order valence-corrected chi connectivity index (χ1v) is 8.05. The van der Waals surface area contributed by atoms with E-state index in [4.69, 9.17) is 4.98 Å². The highest BCUT2D eigenvalue weighted by atomic mass is 16.3. The van der Waals surface area contributed by atoms with Crippen LogP contribution >= 0.6 is 0 Å². The van der Waals surface area contributed by atoms with Crippen molar-refractivity contribution in [1.29, 1.82) is 0 Å². The van der Waals surface area contributed by atoms with Crippen molar-refractivity contribution in [1.82, 2.24) is 19.9 Å². The number of aromatic nitrogens is 3. The summed E-state index contributed by atoms with van der Waals surface area (Å²) in [5, 5.41) is 9.97. The molecule has 0 atom stereocenters. The van der Waals surface area contributed by atoms with Crippen molar-refractivity contribution in [3.63, 3.8) is 0 Å². The monoisotopic (exact) mass is 318 g/mol. The van der Waals surface area contributed by atoms with Crippen LogP contribution in [0.15, 0.2) is 54.9 Å². The molecule has 1 aliphatic rings. The number of pyridine rings is 1. The van der Waals surface area contributed by atoms with Gasteiger partial charge in [-0.3, -0.25) is 9.88 Å². The number of rotatable bonds is 3. The molecule has 0 saturated carbocycles. The highest BCUT2D eigenvalue weighted by Gasteiger charge is 2.20. The molecule has 3 aromatic rings. The topological polar surface area (TPSA) is 62.1 Å². The lowest BCUT2D eigenvalue weighted by Crippen LogP contribution is -2.31. The SMILES string of the molecule is Oc1ccccc1CN1CCc2cnc(-c3ccccn3)nc2C1. The minimum Gasteiger partial charge on any atom is -0.508 e. The standard InChI is InChI=1S/C19H18N4O/c24-18-7-2-1-5-15(18)12-23-10-8-14-11-21-19(22-17(14)13-23)16-6-3-4-9-20-16/h1-7,9,11,24H,8,10,12-13H2. The molecular weight excluding hydrogens is 300 g/mol. The van der Waals surface area contributed by atoms with Gasteiger partial charge in [-0.05, 0) is 30.2 Å². The van der Waals surface area contributed by atoms with Gasteiger partial charge in [-0.25, -0.2) is 9.97 Å². The van der Waals surface area contributed by atoms with Crippen molar-refractivity contribution < 1.29 is 5.11 Å². The molecule has 120 valence electrons. The van der Waals surface area contributed by atoms with Gasteiger partial charge < -0.3 is 5.11 Å². The van der Waals surface area contributed by atoms with Crippen LogP contribution in [0.3, 0.4) is 0 Å². The van der Waals surface area contributed by atoms with Crippen LogP contribution < -0.4 is 0 Å². The molecule has 0 amide bonds. The number of phenols is 1. The molecule has 0 unspecified atom stereocenters. The average Bonchev–Trinajstić information content (AvgIpc) is 2.64. The molecule has 1 aliphatic heterocycles. The van der Waals surface area contributed by atoms with E-state index in [0.29, 0.717) is 11.6 Å². The zero-order valence-corrected chi connectivity index (χ0v) is 13.3. The fraction of sp³-hybridized carbons (Fsp3) is 0.211. The largest absolute Gasteiger partial charge is 0.508 e. The van der Waals surface area contributed by atoms with Gasteiger partial charge in [0.15, 0.2) is 5.82 Å². The summed E-state index contributed by atoms with van der Waals surface area (Å²) in [6, 6.07) is 13.2. The molecular formula is C19H18N4O. The maximum atomic E-state index is 9.97. The lowest BCUT2D eigenvalue weighted by atomic mass is 10.1. The van der Waals surface area contributed by atoms with Crippen LogP contribution in [0.2, 0.25) is 0 Å². The maximum Gasteiger partial charge on any atom is 0.178 e. The van der Waals surface area contributed by atoms with Crippen LogP contribution in [0.5, 0.6) is 5.75 Å². The Morgan fingerprint density at radius 1 is 1.04 bits per heavy atom. The van der Waals surface area contributed by atoms with Crippen molar-refractivity contribution >= 4 is 0 Å². The van der Waals surface area contributed by atoms with E-state index in [1.807, 2.05) is 42.6 Å². The number of hydrogen-bond donors (Lipinski definition) is 1. The molecule has 0 radical (unpaired) electrons. The normalized spacial score (nSPS) is 14.3. The summed E-state index contributed by atoms with van der Waals surface area (Å²) in [6.45, 7) is 2.41. The molecule has 1 N–H and O–H groups in total. The fourth-order valence-corrected chi connectivity index (χ4v) is 3.00. The fourth-order valence-electron chi connectivity index (χ4n) is 3.00. The molecule has 0 fully saturated rings. The van der Waals surface area contributed by atoms with Crippen LogP contribution in [0.4, 0.5) is 0 Å². The summed E-state index contributed by atoms with van der Waals surface area (Å²) in [5.74, 6) is 1.01. The summed E-state index contributed by atoms with van der Waals surface area (Å²) >= 11 is 0. The number of aromatic hydroxyl groups is 1. The number of fused-ring (bicyclic) bond motifs is 1. The summed E-state index contributed by atoms with van der Waals surface area (Å²) in [7, 11) is 0. The number of para-hydroxylation sites is 1. The van der Waals surface area contributed by atoms with Crippen LogP contribution in [-0.2, 0) is 19.5 Å². The van der Waals surface area contributed by atoms with E-state index in [2.05, 4.69) is 14.9 Å². The lowest BCUT2D eigenvalue weighted by Gasteiger charge is -2.28. The van der Waals surface area contributed by atoms with Crippen molar-refractivity contribution in [3.8, 4) is 17.3 Å². The van der Waals surface area contributed by atoms with Crippen molar-refractivity contribution in [2.24, 2.45) is 0 Å². The third-order valence-corrected chi connectivity index (χ3v) is 4.30. The summed E-state index contributed by atoms with van der Waals surface area (Å²) in [4.78, 5) is 15.8. The Labute approximate surface area is 140 Å². The quantitative estimate of drug-likeness (QED) is 0.804. The van der Waals surface area contributed by atoms with Crippen LogP contribution in [0, 0.1) is 0 Å². The van der Waals surface area contributed by atoms with E-state index in [1.54, 1.807) is 12.3 Å². The third kappa shape index (κ3) is 2.98. The van der Waals surface area contributed by atoms with Crippen LogP contribution in [-0.4, -0.2) is 31.5 Å². The van der Waals surface area contributed by atoms with E-state index in [-0.39, 0.29) is 0 Å². The Bertz CT molecular complexity index is 851. The molecule has 5 heteroatoms. The van der Waals surface area contributed by atoms with Crippen molar-refractivity contribution in [2.45, 2.75) is 19.5 Å². The van der Waals surface area contributed by atoms with Gasteiger partial charge in [0.2, 0.25) is 0 Å². The molecule has 2 aromatic heterocycles. The Balaban J connectivity index is 1.57. The molecule has 1 aromatic carbocycles. The predicted molar refractivity (Wildman–Crippen MR) is 91.2 cm³/mol. The van der Waals surface area contributed by atoms with Gasteiger partial charge in [0.25, 0.3) is 0 Å². The highest BCUT2D eigenvalue weighted by Crippen LogP contribution is 2.23. The number of nitrogens with zero attached hydrogens (tertiary/aromatic N) is 4. The van der Waals surface area contributed by atoms with E-state index in [1.165, 1.54) is 5.56 Å². The first-order chi connectivity index (χ1) is 11.8. The molecule has 4 rings (SSSR count). The van der Waals surface area contributed by atoms with E-state index in [9.17, 15) is 5.11 Å². The molecule has 0 saturated heterocycles. The zero-order valence-electron chi connectivity index (χ0n) is 13.3. The van der Waals surface area contributed by atoms with E-state index < -0.39 is 0 Å². The maximum absolute atomic E-state index is 9.97. The van der Waals surface area contributed by atoms with Crippen molar-refractivity contribution in [2.75, 3.05) is 6.54 Å². The van der Waals surface area contributed by atoms with Gasteiger partial charge >= 0.3 is 0 Å². The molecule has 0 spiro atoms. The summed E-state index contributed by atoms with van der Waals surface area (Å²) in [6.07, 6.45) is 4.59. The minimum atomic E-state index is 0.347. The Morgan fingerprint density at radius 3 is 2.75 bits per heavy atom. The molecule has 3 heterocycles. The Hall–Kier alpha value is -2.79. The first-order valence-electron chi connectivity index (χ1n) is 8.05. The molecule has 0 bridgehead atoms. The van der Waals surface area contributed by atoms with Gasteiger partial charge in [0, 0.05) is 37.6 Å². The second-order valence-electron chi connectivity index (χ2n) is 5.97. The number of benzene rings is 1. The lowest BCUT2D eigenvalue weighted by molar-refractivity contribution is 0.238. The summed E-state index contributed by atoms with van der Waals surface area (Å²) in [5.41, 5.74) is 3.98. The van der Waals surface area contributed by atoms with E-state index >= 15 is 0 Å². The van der Waals surface area contributed by atoms with Crippen molar-refractivity contribution in [3.05, 3.63) is 71.7 Å². The van der Waals surface area contributed by atoms with Gasteiger partial charge in [-0.1, -0.05) is 24.3 Å². The Kier molecular flexibility index (Phi) is 3.92. The van der Waals surface area contributed by atoms with Gasteiger partial charge in [-0.2, -0.15) is 0 Å². The zero-order chi connectivity index (χ0) is 16.4. The average molecular weight is 318 g/mol. The van der Waals surface area contributed by atoms with Crippen LogP contribution in [0.1, 0.15) is 16.8 Å². The minimum absolute atomic E-state index is 0.347. The predicted octanol–water partition coefficient (Wildman–Crippen LogP) is 2.80. The van der Waals surface area contributed by atoms with Gasteiger partial charge in [0.1, 0.15) is 11.4 Å². The highest BCUT2D eigenvalue weighted by molar-refractivity contribution is 5.49. The second kappa shape index (κ2) is 6.37. The molecule has 0 aliphatic carbocycles. The van der Waals surface area contributed by atoms with E-state index in [0.717, 1.165) is 43.0 Å².